The quantitative estimate of drug-likeness (QED) is 0.277. The lowest BCUT2D eigenvalue weighted by atomic mass is 9.80. The van der Waals surface area contributed by atoms with Gasteiger partial charge in [0, 0.05) is 29.3 Å². The van der Waals surface area contributed by atoms with Crippen LogP contribution in [0.4, 0.5) is 0 Å². The van der Waals surface area contributed by atoms with Crippen molar-refractivity contribution in [2.75, 3.05) is 0 Å². The van der Waals surface area contributed by atoms with Crippen LogP contribution in [-0.2, 0) is 0 Å². The standard InChI is InChI=1S/C12H9NO2.C7H7BO4.C5H4BrN.ClH/c14-12(15)11-3-1-9(2-4-11)10-5-7-13-8-6-10;9-7(10)5-1-3-6(4-2-5)8(11)12;6-5-1-3-7-4-2-5;/h1-8H,(H,14,15);1-4,11-12H,(H,9,10);1-4H;1H. The molecule has 8 nitrogen and oxygen atoms in total. The molecule has 0 amide bonds. The van der Waals surface area contributed by atoms with Crippen LogP contribution < -0.4 is 5.46 Å². The molecule has 11 heteroatoms. The highest BCUT2D eigenvalue weighted by atomic mass is 79.9. The Morgan fingerprint density at radius 1 is 0.629 bits per heavy atom. The van der Waals surface area contributed by atoms with E-state index in [-0.39, 0.29) is 23.4 Å². The van der Waals surface area contributed by atoms with E-state index >= 15 is 0 Å². The molecule has 0 aliphatic rings. The minimum atomic E-state index is -1.55. The number of aromatic nitrogens is 2. The summed E-state index contributed by atoms with van der Waals surface area (Å²) >= 11 is 3.27. The highest BCUT2D eigenvalue weighted by molar-refractivity contribution is 9.10. The van der Waals surface area contributed by atoms with Gasteiger partial charge in [0.1, 0.15) is 0 Å². The molecule has 4 N–H and O–H groups in total. The molecule has 0 atom stereocenters. The third-order valence-corrected chi connectivity index (χ3v) is 4.77. The molecule has 0 unspecified atom stereocenters. The summed E-state index contributed by atoms with van der Waals surface area (Å²) in [5.41, 5.74) is 2.72. The Morgan fingerprint density at radius 2 is 1.00 bits per heavy atom. The Bertz CT molecular complexity index is 1180. The maximum atomic E-state index is 10.6. The third-order valence-electron chi connectivity index (χ3n) is 4.24. The van der Waals surface area contributed by atoms with E-state index in [1.807, 2.05) is 24.3 Å². The highest BCUT2D eigenvalue weighted by Gasteiger charge is 2.11. The molecule has 0 spiro atoms. The van der Waals surface area contributed by atoms with Crippen molar-refractivity contribution in [3.63, 3.8) is 0 Å². The molecular formula is C24H21BBrClN2O6. The Kier molecular flexibility index (Phi) is 12.9. The van der Waals surface area contributed by atoms with Gasteiger partial charge in [-0.1, -0.05) is 40.2 Å². The first-order chi connectivity index (χ1) is 16.3. The zero-order chi connectivity index (χ0) is 24.9. The number of pyridine rings is 2. The summed E-state index contributed by atoms with van der Waals surface area (Å²) in [6, 6.07) is 19.7. The van der Waals surface area contributed by atoms with E-state index in [2.05, 4.69) is 25.9 Å². The summed E-state index contributed by atoms with van der Waals surface area (Å²) in [6.07, 6.45) is 6.90. The molecule has 2 heterocycles. The fraction of sp³-hybridized carbons (Fsp3) is 0. The summed E-state index contributed by atoms with van der Waals surface area (Å²) in [5.74, 6) is -1.94. The second-order valence-corrected chi connectivity index (χ2v) is 7.50. The lowest BCUT2D eigenvalue weighted by Crippen LogP contribution is -2.29. The van der Waals surface area contributed by atoms with Crippen molar-refractivity contribution in [2.45, 2.75) is 0 Å². The zero-order valence-corrected chi connectivity index (χ0v) is 20.5. The molecule has 2 aromatic carbocycles. The summed E-state index contributed by atoms with van der Waals surface area (Å²) in [7, 11) is -1.55. The first-order valence-electron chi connectivity index (χ1n) is 9.76. The zero-order valence-electron chi connectivity index (χ0n) is 18.1. The minimum Gasteiger partial charge on any atom is -0.478 e. The van der Waals surface area contributed by atoms with Crippen molar-refractivity contribution in [3.8, 4) is 11.1 Å². The Morgan fingerprint density at radius 3 is 1.34 bits per heavy atom. The predicted molar refractivity (Wildman–Crippen MR) is 139 cm³/mol. The normalized spacial score (nSPS) is 9.23. The number of benzene rings is 2. The number of hydrogen-bond donors (Lipinski definition) is 4. The van der Waals surface area contributed by atoms with Gasteiger partial charge in [0.25, 0.3) is 0 Å². The molecular weight excluding hydrogens is 538 g/mol. The number of halogens is 2. The molecule has 0 saturated carbocycles. The Hall–Kier alpha value is -3.57. The molecule has 180 valence electrons. The van der Waals surface area contributed by atoms with Crippen LogP contribution >= 0.6 is 28.3 Å². The van der Waals surface area contributed by atoms with Crippen LogP contribution in [0.25, 0.3) is 11.1 Å². The molecule has 0 fully saturated rings. The molecule has 4 aromatic rings. The topological polar surface area (TPSA) is 141 Å². The van der Waals surface area contributed by atoms with Gasteiger partial charge in [0.2, 0.25) is 0 Å². The fourth-order valence-corrected chi connectivity index (χ4v) is 2.72. The van der Waals surface area contributed by atoms with Crippen LogP contribution in [0.5, 0.6) is 0 Å². The number of carbonyl (C=O) groups is 2. The van der Waals surface area contributed by atoms with Gasteiger partial charge < -0.3 is 20.3 Å². The van der Waals surface area contributed by atoms with Gasteiger partial charge in [-0.15, -0.1) is 12.4 Å². The monoisotopic (exact) mass is 558 g/mol. The molecule has 0 aliphatic heterocycles. The summed E-state index contributed by atoms with van der Waals surface area (Å²) in [5, 5.41) is 34.5. The van der Waals surface area contributed by atoms with Gasteiger partial charge in [-0.25, -0.2) is 9.59 Å². The average Bonchev–Trinajstić information content (AvgIpc) is 2.86. The first kappa shape index (κ1) is 29.5. The minimum absolute atomic E-state index is 0. The lowest BCUT2D eigenvalue weighted by molar-refractivity contribution is 0.0686. The third kappa shape index (κ3) is 10.5. The molecule has 35 heavy (non-hydrogen) atoms. The van der Waals surface area contributed by atoms with Crippen LogP contribution in [0.2, 0.25) is 0 Å². The van der Waals surface area contributed by atoms with E-state index in [0.717, 1.165) is 15.6 Å². The van der Waals surface area contributed by atoms with Crippen LogP contribution in [-0.4, -0.2) is 49.3 Å². The number of hydrogen-bond acceptors (Lipinski definition) is 6. The van der Waals surface area contributed by atoms with Crippen molar-refractivity contribution in [1.82, 2.24) is 9.97 Å². The second kappa shape index (κ2) is 15.4. The molecule has 4 rings (SSSR count). The van der Waals surface area contributed by atoms with Crippen molar-refractivity contribution in [2.24, 2.45) is 0 Å². The lowest BCUT2D eigenvalue weighted by Gasteiger charge is -2.00. The van der Waals surface area contributed by atoms with Gasteiger partial charge in [-0.05, 0) is 65.1 Å². The smallest absolute Gasteiger partial charge is 0.478 e. The van der Waals surface area contributed by atoms with Crippen LogP contribution in [0.3, 0.4) is 0 Å². The van der Waals surface area contributed by atoms with Crippen molar-refractivity contribution in [1.29, 1.82) is 0 Å². The second-order valence-electron chi connectivity index (χ2n) is 6.58. The number of nitrogens with zero attached hydrogens (tertiary/aromatic N) is 2. The van der Waals surface area contributed by atoms with Gasteiger partial charge in [-0.3, -0.25) is 9.97 Å². The highest BCUT2D eigenvalue weighted by Crippen LogP contribution is 2.18. The summed E-state index contributed by atoms with van der Waals surface area (Å²) < 4.78 is 1.07. The first-order valence-corrected chi connectivity index (χ1v) is 10.6. The molecule has 0 radical (unpaired) electrons. The SMILES string of the molecule is Brc1ccncc1.Cl.O=C(O)c1ccc(-c2ccncc2)cc1.O=C(O)c1ccc(B(O)O)cc1. The van der Waals surface area contributed by atoms with E-state index in [1.54, 1.807) is 49.1 Å². The van der Waals surface area contributed by atoms with Gasteiger partial charge >= 0.3 is 19.1 Å². The number of aromatic carboxylic acids is 2. The van der Waals surface area contributed by atoms with Crippen molar-refractivity contribution in [3.05, 3.63) is 113 Å². The number of carboxylic acid groups (broad SMARTS) is 2. The van der Waals surface area contributed by atoms with Gasteiger partial charge in [0.05, 0.1) is 11.1 Å². The van der Waals surface area contributed by atoms with Gasteiger partial charge in [-0.2, -0.15) is 0 Å². The van der Waals surface area contributed by atoms with Crippen molar-refractivity contribution >= 4 is 52.9 Å². The predicted octanol–water partition coefficient (Wildman–Crippen LogP) is 3.78. The maximum Gasteiger partial charge on any atom is 0.488 e. The number of rotatable bonds is 4. The molecule has 0 bridgehead atoms. The van der Waals surface area contributed by atoms with Crippen LogP contribution in [0.15, 0.2) is 102 Å². The molecule has 0 saturated heterocycles. The van der Waals surface area contributed by atoms with E-state index in [9.17, 15) is 9.59 Å². The summed E-state index contributed by atoms with van der Waals surface area (Å²) in [6.45, 7) is 0. The van der Waals surface area contributed by atoms with E-state index in [0.29, 0.717) is 5.56 Å². The van der Waals surface area contributed by atoms with Crippen LogP contribution in [0.1, 0.15) is 20.7 Å². The van der Waals surface area contributed by atoms with E-state index in [1.165, 1.54) is 24.3 Å². The van der Waals surface area contributed by atoms with Crippen LogP contribution in [0, 0.1) is 0 Å². The van der Waals surface area contributed by atoms with Gasteiger partial charge in [0.15, 0.2) is 0 Å². The number of carboxylic acids is 2. The summed E-state index contributed by atoms with van der Waals surface area (Å²) in [4.78, 5) is 28.7. The average molecular weight is 560 g/mol. The molecule has 2 aromatic heterocycles. The Balaban J connectivity index is 0.000000275. The van der Waals surface area contributed by atoms with E-state index in [4.69, 9.17) is 20.3 Å². The Labute approximate surface area is 216 Å². The van der Waals surface area contributed by atoms with Crippen molar-refractivity contribution < 1.29 is 29.9 Å². The maximum absolute atomic E-state index is 10.6. The van der Waals surface area contributed by atoms with E-state index < -0.39 is 19.1 Å². The largest absolute Gasteiger partial charge is 0.488 e. The fourth-order valence-electron chi connectivity index (χ4n) is 2.48. The molecule has 0 aliphatic carbocycles.